The van der Waals surface area contributed by atoms with Crippen LogP contribution < -0.4 is 5.56 Å². The smallest absolute Gasteiger partial charge is 0.251 e. The van der Waals surface area contributed by atoms with Crippen LogP contribution in [0.1, 0.15) is 11.3 Å². The van der Waals surface area contributed by atoms with Crippen molar-refractivity contribution in [1.82, 2.24) is 14.6 Å². The summed E-state index contributed by atoms with van der Waals surface area (Å²) in [4.78, 5) is 13.8. The summed E-state index contributed by atoms with van der Waals surface area (Å²) >= 11 is 0. The number of nitrogens with one attached hydrogen (secondary N) is 1. The van der Waals surface area contributed by atoms with E-state index in [1.807, 2.05) is 6.07 Å². The lowest BCUT2D eigenvalue weighted by molar-refractivity contribution is 0.179. The molecule has 0 unspecified atom stereocenters. The van der Waals surface area contributed by atoms with Crippen LogP contribution >= 0.6 is 0 Å². The first-order valence-corrected chi connectivity index (χ1v) is 4.25. The van der Waals surface area contributed by atoms with Crippen LogP contribution in [-0.2, 0) is 11.3 Å². The fraction of sp³-hybridized carbons (Fsp3) is 0.222. The minimum atomic E-state index is -0.272. The van der Waals surface area contributed by atoms with Crippen molar-refractivity contribution in [1.29, 1.82) is 5.26 Å². The molecular weight excluding hydrogens is 196 g/mol. The molecule has 15 heavy (non-hydrogen) atoms. The average molecular weight is 204 g/mol. The lowest BCUT2D eigenvalue weighted by Gasteiger charge is -2.02. The quantitative estimate of drug-likeness (QED) is 0.748. The molecule has 2 aromatic rings. The molecule has 0 spiro atoms. The van der Waals surface area contributed by atoms with E-state index < -0.39 is 0 Å². The van der Waals surface area contributed by atoms with Crippen molar-refractivity contribution in [2.24, 2.45) is 0 Å². The summed E-state index contributed by atoms with van der Waals surface area (Å²) in [6, 6.07) is 3.35. The summed E-state index contributed by atoms with van der Waals surface area (Å²) in [5, 5.41) is 12.8. The molecule has 0 aliphatic rings. The van der Waals surface area contributed by atoms with E-state index in [0.29, 0.717) is 16.9 Å². The predicted molar refractivity (Wildman–Crippen MR) is 51.2 cm³/mol. The largest absolute Gasteiger partial charge is 0.378 e. The molecule has 0 aliphatic carbocycles. The second-order valence-electron chi connectivity index (χ2n) is 2.99. The van der Waals surface area contributed by atoms with Crippen LogP contribution in [0.3, 0.4) is 0 Å². The van der Waals surface area contributed by atoms with E-state index in [1.54, 1.807) is 0 Å². The number of nitrogens with zero attached hydrogens (tertiary/aromatic N) is 3. The van der Waals surface area contributed by atoms with Gasteiger partial charge in [0.05, 0.1) is 18.5 Å². The highest BCUT2D eigenvalue weighted by Gasteiger charge is 2.08. The van der Waals surface area contributed by atoms with E-state index in [1.165, 1.54) is 23.9 Å². The standard InChI is InChI=1S/C9H8N4O2/c1-15-5-7-2-8(14)12-9-6(3-10)4-11-13(7)9/h2,4H,5H2,1H3,(H,12,14). The maximum absolute atomic E-state index is 11.3. The van der Waals surface area contributed by atoms with Gasteiger partial charge < -0.3 is 9.72 Å². The first-order chi connectivity index (χ1) is 7.26. The molecule has 0 aliphatic heterocycles. The van der Waals surface area contributed by atoms with Crippen LogP contribution in [0.25, 0.3) is 5.65 Å². The number of ether oxygens (including phenoxy) is 1. The zero-order valence-electron chi connectivity index (χ0n) is 8.02. The Hall–Kier alpha value is -2.13. The van der Waals surface area contributed by atoms with Gasteiger partial charge in [-0.1, -0.05) is 0 Å². The average Bonchev–Trinajstić information content (AvgIpc) is 2.61. The van der Waals surface area contributed by atoms with Crippen molar-refractivity contribution in [3.8, 4) is 6.07 Å². The number of H-pyrrole nitrogens is 1. The highest BCUT2D eigenvalue weighted by Crippen LogP contribution is 2.07. The molecule has 0 amide bonds. The maximum atomic E-state index is 11.3. The number of aromatic nitrogens is 3. The van der Waals surface area contributed by atoms with Crippen LogP contribution in [0.15, 0.2) is 17.1 Å². The summed E-state index contributed by atoms with van der Waals surface area (Å²) in [5.74, 6) is 0. The highest BCUT2D eigenvalue weighted by atomic mass is 16.5. The fourth-order valence-corrected chi connectivity index (χ4v) is 1.38. The number of aromatic amines is 1. The van der Waals surface area contributed by atoms with Gasteiger partial charge in [-0.15, -0.1) is 0 Å². The van der Waals surface area contributed by atoms with E-state index in [-0.39, 0.29) is 12.2 Å². The van der Waals surface area contributed by atoms with Crippen LogP contribution in [0.4, 0.5) is 0 Å². The number of hydrogen-bond acceptors (Lipinski definition) is 4. The molecule has 0 fully saturated rings. The third-order valence-electron chi connectivity index (χ3n) is 1.99. The zero-order valence-corrected chi connectivity index (χ0v) is 8.02. The topological polar surface area (TPSA) is 83.2 Å². The Labute approximate surface area is 84.7 Å². The zero-order chi connectivity index (χ0) is 10.8. The van der Waals surface area contributed by atoms with Gasteiger partial charge in [-0.2, -0.15) is 10.4 Å². The summed E-state index contributed by atoms with van der Waals surface area (Å²) in [6.07, 6.45) is 1.41. The van der Waals surface area contributed by atoms with E-state index in [4.69, 9.17) is 10.00 Å². The second kappa shape index (κ2) is 3.55. The fourth-order valence-electron chi connectivity index (χ4n) is 1.38. The number of hydrogen-bond donors (Lipinski definition) is 1. The third-order valence-corrected chi connectivity index (χ3v) is 1.99. The van der Waals surface area contributed by atoms with Gasteiger partial charge in [-0.05, 0) is 0 Å². The third kappa shape index (κ3) is 1.49. The minimum absolute atomic E-state index is 0.271. The van der Waals surface area contributed by atoms with Gasteiger partial charge in [-0.3, -0.25) is 4.79 Å². The van der Waals surface area contributed by atoms with Crippen molar-refractivity contribution < 1.29 is 4.74 Å². The Balaban J connectivity index is 2.77. The first kappa shape index (κ1) is 9.43. The Morgan fingerprint density at radius 2 is 2.53 bits per heavy atom. The molecule has 0 saturated heterocycles. The van der Waals surface area contributed by atoms with Gasteiger partial charge in [0.15, 0.2) is 5.65 Å². The van der Waals surface area contributed by atoms with E-state index in [0.717, 1.165) is 0 Å². The van der Waals surface area contributed by atoms with E-state index >= 15 is 0 Å². The molecule has 6 nitrogen and oxygen atoms in total. The summed E-state index contributed by atoms with van der Waals surface area (Å²) in [7, 11) is 1.53. The molecule has 0 atom stereocenters. The molecule has 2 rings (SSSR count). The molecule has 76 valence electrons. The highest BCUT2D eigenvalue weighted by molar-refractivity contribution is 5.53. The van der Waals surface area contributed by atoms with E-state index in [2.05, 4.69) is 10.1 Å². The van der Waals surface area contributed by atoms with Crippen molar-refractivity contribution in [3.63, 3.8) is 0 Å². The van der Waals surface area contributed by atoms with Crippen LogP contribution in [0, 0.1) is 11.3 Å². The monoisotopic (exact) mass is 204 g/mol. The van der Waals surface area contributed by atoms with Gasteiger partial charge in [-0.25, -0.2) is 4.52 Å². The molecule has 0 aromatic carbocycles. The molecule has 2 aromatic heterocycles. The summed E-state index contributed by atoms with van der Waals surface area (Å²) in [6.45, 7) is 0.271. The molecular formula is C9H8N4O2. The number of nitriles is 1. The predicted octanol–water partition coefficient (Wildman–Crippen LogP) is 0.0407. The first-order valence-electron chi connectivity index (χ1n) is 4.25. The lowest BCUT2D eigenvalue weighted by atomic mass is 10.3. The van der Waals surface area contributed by atoms with Crippen molar-refractivity contribution >= 4 is 5.65 Å². The molecule has 2 heterocycles. The lowest BCUT2D eigenvalue weighted by Crippen LogP contribution is -2.12. The SMILES string of the molecule is COCc1cc(=O)[nH]c2c(C#N)cnn12. The second-order valence-corrected chi connectivity index (χ2v) is 2.99. The molecule has 0 saturated carbocycles. The normalized spacial score (nSPS) is 10.4. The van der Waals surface area contributed by atoms with Crippen LogP contribution in [0.5, 0.6) is 0 Å². The molecule has 6 heteroatoms. The molecule has 0 radical (unpaired) electrons. The van der Waals surface area contributed by atoms with Crippen LogP contribution in [0.2, 0.25) is 0 Å². The van der Waals surface area contributed by atoms with Gasteiger partial charge >= 0.3 is 0 Å². The Kier molecular flexibility index (Phi) is 2.23. The maximum Gasteiger partial charge on any atom is 0.251 e. The van der Waals surface area contributed by atoms with Crippen molar-refractivity contribution in [2.75, 3.05) is 7.11 Å². The summed E-state index contributed by atoms with van der Waals surface area (Å²) < 4.78 is 6.43. The molecule has 1 N–H and O–H groups in total. The van der Waals surface area contributed by atoms with E-state index in [9.17, 15) is 4.79 Å². The number of methoxy groups -OCH3 is 1. The minimum Gasteiger partial charge on any atom is -0.378 e. The van der Waals surface area contributed by atoms with Crippen LogP contribution in [-0.4, -0.2) is 21.7 Å². The van der Waals surface area contributed by atoms with Gasteiger partial charge in [0.25, 0.3) is 5.56 Å². The Morgan fingerprint density at radius 3 is 3.20 bits per heavy atom. The summed E-state index contributed by atoms with van der Waals surface area (Å²) in [5.41, 5.74) is 1.08. The Morgan fingerprint density at radius 1 is 1.73 bits per heavy atom. The molecule has 0 bridgehead atoms. The van der Waals surface area contributed by atoms with Gasteiger partial charge in [0, 0.05) is 13.2 Å². The number of fused-ring (bicyclic) bond motifs is 1. The Bertz CT molecular complexity index is 590. The van der Waals surface area contributed by atoms with Crippen molar-refractivity contribution in [3.05, 3.63) is 33.9 Å². The number of rotatable bonds is 2. The van der Waals surface area contributed by atoms with Gasteiger partial charge in [0.2, 0.25) is 0 Å². The van der Waals surface area contributed by atoms with Gasteiger partial charge in [0.1, 0.15) is 11.6 Å². The van der Waals surface area contributed by atoms with Crippen molar-refractivity contribution in [2.45, 2.75) is 6.61 Å².